The first kappa shape index (κ1) is 12.3. The lowest BCUT2D eigenvalue weighted by Gasteiger charge is -2.35. The normalized spacial score (nSPS) is 20.8. The molecule has 0 unspecified atom stereocenters. The van der Waals surface area contributed by atoms with E-state index in [9.17, 15) is 5.11 Å². The smallest absolute Gasteiger partial charge is 0.0980 e. The summed E-state index contributed by atoms with van der Waals surface area (Å²) >= 11 is 0. The lowest BCUT2D eigenvalue weighted by molar-refractivity contribution is -0.00758. The van der Waals surface area contributed by atoms with Crippen molar-refractivity contribution in [2.45, 2.75) is 12.1 Å². The Labute approximate surface area is 102 Å². The quantitative estimate of drug-likeness (QED) is 0.802. The minimum atomic E-state index is -0.521. The van der Waals surface area contributed by atoms with Crippen LogP contribution in [0.15, 0.2) is 43.0 Å². The van der Waals surface area contributed by atoms with E-state index in [4.69, 9.17) is 4.74 Å². The molecule has 2 rings (SSSR count). The maximum atomic E-state index is 10.4. The standard InChI is InChI=1S/C14H19NO2/c1-2-13(15-8-10-17-11-9-15)14(16)12-6-4-3-5-7-12/h2-7,13-14,16H,1,8-11H2/t13-,14+/m1/s1. The fourth-order valence-corrected chi connectivity index (χ4v) is 2.20. The Balaban J connectivity index is 2.09. The van der Waals surface area contributed by atoms with Crippen LogP contribution in [0.3, 0.4) is 0 Å². The largest absolute Gasteiger partial charge is 0.386 e. The number of benzene rings is 1. The molecule has 92 valence electrons. The molecule has 0 radical (unpaired) electrons. The summed E-state index contributed by atoms with van der Waals surface area (Å²) < 4.78 is 5.32. The Morgan fingerprint density at radius 1 is 1.24 bits per heavy atom. The molecule has 0 spiro atoms. The number of rotatable bonds is 4. The number of hydrogen-bond acceptors (Lipinski definition) is 3. The molecule has 0 saturated carbocycles. The van der Waals surface area contributed by atoms with Crippen LogP contribution in [0.2, 0.25) is 0 Å². The molecular formula is C14H19NO2. The predicted molar refractivity (Wildman–Crippen MR) is 67.8 cm³/mol. The first-order valence-electron chi connectivity index (χ1n) is 6.00. The molecule has 3 nitrogen and oxygen atoms in total. The Kier molecular flexibility index (Phi) is 4.31. The van der Waals surface area contributed by atoms with Crippen LogP contribution >= 0.6 is 0 Å². The molecule has 0 amide bonds. The van der Waals surface area contributed by atoms with Gasteiger partial charge in [-0.15, -0.1) is 6.58 Å². The van der Waals surface area contributed by atoms with Gasteiger partial charge in [-0.2, -0.15) is 0 Å². The molecule has 2 atom stereocenters. The van der Waals surface area contributed by atoms with Gasteiger partial charge in [0.1, 0.15) is 0 Å². The minimum Gasteiger partial charge on any atom is -0.386 e. The van der Waals surface area contributed by atoms with Crippen molar-refractivity contribution in [1.29, 1.82) is 0 Å². The number of hydrogen-bond donors (Lipinski definition) is 1. The average Bonchev–Trinajstić information content (AvgIpc) is 2.42. The van der Waals surface area contributed by atoms with E-state index in [-0.39, 0.29) is 6.04 Å². The number of aliphatic hydroxyl groups excluding tert-OH is 1. The van der Waals surface area contributed by atoms with Crippen LogP contribution in [-0.2, 0) is 4.74 Å². The molecule has 0 aliphatic carbocycles. The van der Waals surface area contributed by atoms with Crippen LogP contribution < -0.4 is 0 Å². The first-order valence-corrected chi connectivity index (χ1v) is 6.00. The number of ether oxygens (including phenoxy) is 1. The van der Waals surface area contributed by atoms with Gasteiger partial charge in [0.05, 0.1) is 25.4 Å². The van der Waals surface area contributed by atoms with Crippen molar-refractivity contribution in [2.75, 3.05) is 26.3 Å². The summed E-state index contributed by atoms with van der Waals surface area (Å²) in [5, 5.41) is 10.4. The Morgan fingerprint density at radius 3 is 2.47 bits per heavy atom. The molecule has 1 aromatic rings. The average molecular weight is 233 g/mol. The molecule has 0 bridgehead atoms. The van der Waals surface area contributed by atoms with Crippen molar-refractivity contribution in [3.63, 3.8) is 0 Å². The lowest BCUT2D eigenvalue weighted by Crippen LogP contribution is -2.45. The van der Waals surface area contributed by atoms with Gasteiger partial charge in [0, 0.05) is 13.1 Å². The molecule has 3 heteroatoms. The van der Waals surface area contributed by atoms with Crippen molar-refractivity contribution in [3.8, 4) is 0 Å². The zero-order valence-electron chi connectivity index (χ0n) is 9.96. The van der Waals surface area contributed by atoms with Crippen LogP contribution in [0.25, 0.3) is 0 Å². The van der Waals surface area contributed by atoms with Gasteiger partial charge >= 0.3 is 0 Å². The second-order valence-electron chi connectivity index (χ2n) is 4.23. The third-order valence-corrected chi connectivity index (χ3v) is 3.17. The third kappa shape index (κ3) is 2.94. The van der Waals surface area contributed by atoms with Crippen LogP contribution in [0.4, 0.5) is 0 Å². The monoisotopic (exact) mass is 233 g/mol. The van der Waals surface area contributed by atoms with Crippen molar-refractivity contribution >= 4 is 0 Å². The fourth-order valence-electron chi connectivity index (χ4n) is 2.20. The number of nitrogens with zero attached hydrogens (tertiary/aromatic N) is 1. The Morgan fingerprint density at radius 2 is 1.88 bits per heavy atom. The van der Waals surface area contributed by atoms with Crippen LogP contribution in [0.5, 0.6) is 0 Å². The van der Waals surface area contributed by atoms with Crippen molar-refractivity contribution in [1.82, 2.24) is 4.90 Å². The van der Waals surface area contributed by atoms with Gasteiger partial charge in [-0.1, -0.05) is 36.4 Å². The summed E-state index contributed by atoms with van der Waals surface area (Å²) in [4.78, 5) is 2.22. The van der Waals surface area contributed by atoms with Crippen molar-refractivity contribution in [2.24, 2.45) is 0 Å². The zero-order valence-corrected chi connectivity index (χ0v) is 9.96. The molecule has 1 heterocycles. The zero-order chi connectivity index (χ0) is 12.1. The van der Waals surface area contributed by atoms with E-state index >= 15 is 0 Å². The second kappa shape index (κ2) is 5.96. The predicted octanol–water partition coefficient (Wildman–Crippen LogP) is 1.61. The van der Waals surface area contributed by atoms with Crippen LogP contribution in [-0.4, -0.2) is 42.4 Å². The highest BCUT2D eigenvalue weighted by Gasteiger charge is 2.25. The van der Waals surface area contributed by atoms with Gasteiger partial charge in [-0.25, -0.2) is 0 Å². The molecule has 1 saturated heterocycles. The maximum absolute atomic E-state index is 10.4. The summed E-state index contributed by atoms with van der Waals surface area (Å²) in [6, 6.07) is 9.69. The molecule has 1 fully saturated rings. The lowest BCUT2D eigenvalue weighted by atomic mass is 10.0. The van der Waals surface area contributed by atoms with Gasteiger partial charge in [-0.05, 0) is 5.56 Å². The van der Waals surface area contributed by atoms with Crippen molar-refractivity contribution < 1.29 is 9.84 Å². The first-order chi connectivity index (χ1) is 8.33. The highest BCUT2D eigenvalue weighted by molar-refractivity contribution is 5.20. The fraction of sp³-hybridized carbons (Fsp3) is 0.429. The topological polar surface area (TPSA) is 32.7 Å². The van der Waals surface area contributed by atoms with Gasteiger partial charge in [-0.3, -0.25) is 4.90 Å². The summed E-state index contributed by atoms with van der Waals surface area (Å²) in [5.41, 5.74) is 0.934. The third-order valence-electron chi connectivity index (χ3n) is 3.17. The molecule has 1 aliphatic heterocycles. The summed E-state index contributed by atoms with van der Waals surface area (Å²) in [5.74, 6) is 0. The maximum Gasteiger partial charge on any atom is 0.0980 e. The summed E-state index contributed by atoms with van der Waals surface area (Å²) in [6.45, 7) is 6.99. The van der Waals surface area contributed by atoms with Crippen LogP contribution in [0, 0.1) is 0 Å². The van der Waals surface area contributed by atoms with Gasteiger partial charge < -0.3 is 9.84 Å². The summed E-state index contributed by atoms with van der Waals surface area (Å²) in [6.07, 6.45) is 1.30. The van der Waals surface area contributed by atoms with Gasteiger partial charge in [0.15, 0.2) is 0 Å². The van der Waals surface area contributed by atoms with E-state index in [0.29, 0.717) is 0 Å². The van der Waals surface area contributed by atoms with Gasteiger partial charge in [0.25, 0.3) is 0 Å². The molecule has 1 aliphatic rings. The molecule has 1 aromatic carbocycles. The minimum absolute atomic E-state index is 0.0405. The molecule has 1 N–H and O–H groups in total. The van der Waals surface area contributed by atoms with E-state index in [1.54, 1.807) is 0 Å². The van der Waals surface area contributed by atoms with E-state index < -0.39 is 6.10 Å². The van der Waals surface area contributed by atoms with Crippen molar-refractivity contribution in [3.05, 3.63) is 48.6 Å². The highest BCUT2D eigenvalue weighted by Crippen LogP contribution is 2.22. The molecule has 17 heavy (non-hydrogen) atoms. The number of morpholine rings is 1. The highest BCUT2D eigenvalue weighted by atomic mass is 16.5. The van der Waals surface area contributed by atoms with E-state index in [1.165, 1.54) is 0 Å². The second-order valence-corrected chi connectivity index (χ2v) is 4.23. The molecule has 0 aromatic heterocycles. The van der Waals surface area contributed by atoms with E-state index in [1.807, 2.05) is 36.4 Å². The molecular weight excluding hydrogens is 214 g/mol. The van der Waals surface area contributed by atoms with Crippen LogP contribution in [0.1, 0.15) is 11.7 Å². The SMILES string of the molecule is C=C[C@H]([C@@H](O)c1ccccc1)N1CCOCC1. The van der Waals surface area contributed by atoms with Gasteiger partial charge in [0.2, 0.25) is 0 Å². The summed E-state index contributed by atoms with van der Waals surface area (Å²) in [7, 11) is 0. The Hall–Kier alpha value is -1.16. The Bertz CT molecular complexity index is 346. The van der Waals surface area contributed by atoms with E-state index in [2.05, 4.69) is 11.5 Å². The number of aliphatic hydroxyl groups is 1. The van der Waals surface area contributed by atoms with E-state index in [0.717, 1.165) is 31.9 Å².